The first-order valence-corrected chi connectivity index (χ1v) is 12.1. The molecule has 1 aliphatic rings. The highest BCUT2D eigenvalue weighted by molar-refractivity contribution is 7.88. The SMILES string of the molecule is CC(C)OC(=O)N1CCC[C@@H](NS(C)(=O)=O)[C@H]1Cc1cncc(-c2ccccc2)c1. The zero-order chi connectivity index (χ0) is 21.7. The number of piperidine rings is 1. The van der Waals surface area contributed by atoms with Crippen molar-refractivity contribution in [1.29, 1.82) is 0 Å². The first-order valence-electron chi connectivity index (χ1n) is 10.2. The molecule has 2 heterocycles. The van der Waals surface area contributed by atoms with Crippen molar-refractivity contribution in [2.24, 2.45) is 0 Å². The smallest absolute Gasteiger partial charge is 0.410 e. The van der Waals surface area contributed by atoms with Crippen LogP contribution in [0.3, 0.4) is 0 Å². The van der Waals surface area contributed by atoms with Crippen LogP contribution in [0.25, 0.3) is 11.1 Å². The van der Waals surface area contributed by atoms with Gasteiger partial charge in [-0.2, -0.15) is 0 Å². The highest BCUT2D eigenvalue weighted by Gasteiger charge is 2.37. The molecule has 0 unspecified atom stereocenters. The highest BCUT2D eigenvalue weighted by Crippen LogP contribution is 2.25. The van der Waals surface area contributed by atoms with Crippen LogP contribution >= 0.6 is 0 Å². The Morgan fingerprint density at radius 2 is 1.97 bits per heavy atom. The molecule has 3 rings (SSSR count). The molecule has 7 nitrogen and oxygen atoms in total. The summed E-state index contributed by atoms with van der Waals surface area (Å²) in [5.41, 5.74) is 2.97. The van der Waals surface area contributed by atoms with Gasteiger partial charge in [-0.3, -0.25) is 4.98 Å². The Bertz CT molecular complexity index is 963. The van der Waals surface area contributed by atoms with Gasteiger partial charge in [0.1, 0.15) is 0 Å². The number of likely N-dealkylation sites (tertiary alicyclic amines) is 1. The molecule has 1 saturated heterocycles. The van der Waals surface area contributed by atoms with E-state index in [2.05, 4.69) is 9.71 Å². The Labute approximate surface area is 178 Å². The predicted molar refractivity (Wildman–Crippen MR) is 116 cm³/mol. The Morgan fingerprint density at radius 3 is 2.63 bits per heavy atom. The normalized spacial score (nSPS) is 19.7. The first-order chi connectivity index (χ1) is 14.2. The van der Waals surface area contributed by atoms with Crippen LogP contribution in [0.2, 0.25) is 0 Å². The molecule has 0 radical (unpaired) electrons. The molecule has 162 valence electrons. The van der Waals surface area contributed by atoms with Gasteiger partial charge in [0.2, 0.25) is 10.0 Å². The number of hydrogen-bond donors (Lipinski definition) is 1. The van der Waals surface area contributed by atoms with Crippen molar-refractivity contribution in [1.82, 2.24) is 14.6 Å². The second-order valence-electron chi connectivity index (χ2n) is 7.98. The number of nitrogens with zero attached hydrogens (tertiary/aromatic N) is 2. The van der Waals surface area contributed by atoms with E-state index >= 15 is 0 Å². The molecule has 0 bridgehead atoms. The van der Waals surface area contributed by atoms with Gasteiger partial charge in [-0.1, -0.05) is 30.3 Å². The molecule has 1 amide bonds. The maximum atomic E-state index is 12.7. The lowest BCUT2D eigenvalue weighted by Gasteiger charge is -2.41. The van der Waals surface area contributed by atoms with Crippen LogP contribution in [-0.4, -0.2) is 55.4 Å². The Balaban J connectivity index is 1.89. The maximum absolute atomic E-state index is 12.7. The van der Waals surface area contributed by atoms with E-state index in [-0.39, 0.29) is 18.2 Å². The molecule has 2 atom stereocenters. The third-order valence-electron chi connectivity index (χ3n) is 5.06. The molecule has 1 aromatic carbocycles. The van der Waals surface area contributed by atoms with E-state index in [1.54, 1.807) is 31.1 Å². The molecule has 0 aliphatic carbocycles. The zero-order valence-electron chi connectivity index (χ0n) is 17.6. The molecule has 0 spiro atoms. The van der Waals surface area contributed by atoms with Gasteiger partial charge < -0.3 is 9.64 Å². The minimum Gasteiger partial charge on any atom is -0.447 e. The third-order valence-corrected chi connectivity index (χ3v) is 5.79. The van der Waals surface area contributed by atoms with Gasteiger partial charge in [0, 0.05) is 30.5 Å². The average Bonchev–Trinajstić information content (AvgIpc) is 2.68. The van der Waals surface area contributed by atoms with Crippen molar-refractivity contribution < 1.29 is 17.9 Å². The lowest BCUT2D eigenvalue weighted by molar-refractivity contribution is 0.0461. The third kappa shape index (κ3) is 6.03. The Hall–Kier alpha value is -2.45. The summed E-state index contributed by atoms with van der Waals surface area (Å²) in [5, 5.41) is 0. The monoisotopic (exact) mass is 431 g/mol. The predicted octanol–water partition coefficient (Wildman–Crippen LogP) is 3.22. The van der Waals surface area contributed by atoms with Gasteiger partial charge in [0.05, 0.1) is 18.4 Å². The fourth-order valence-corrected chi connectivity index (χ4v) is 4.67. The van der Waals surface area contributed by atoms with E-state index in [9.17, 15) is 13.2 Å². The van der Waals surface area contributed by atoms with Crippen LogP contribution in [-0.2, 0) is 21.2 Å². The van der Waals surface area contributed by atoms with Gasteiger partial charge >= 0.3 is 6.09 Å². The summed E-state index contributed by atoms with van der Waals surface area (Å²) in [4.78, 5) is 18.7. The van der Waals surface area contributed by atoms with Gasteiger partial charge in [0.15, 0.2) is 0 Å². The molecule has 1 aliphatic heterocycles. The summed E-state index contributed by atoms with van der Waals surface area (Å²) in [5.74, 6) is 0. The summed E-state index contributed by atoms with van der Waals surface area (Å²) in [6, 6.07) is 11.2. The molecule has 1 fully saturated rings. The van der Waals surface area contributed by atoms with Gasteiger partial charge in [-0.05, 0) is 50.3 Å². The second kappa shape index (κ2) is 9.57. The minimum atomic E-state index is -3.42. The fraction of sp³-hybridized carbons (Fsp3) is 0.455. The average molecular weight is 432 g/mol. The molecular weight excluding hydrogens is 402 g/mol. The van der Waals surface area contributed by atoms with Crippen molar-refractivity contribution >= 4 is 16.1 Å². The molecule has 1 aromatic heterocycles. The van der Waals surface area contributed by atoms with Gasteiger partial charge in [-0.15, -0.1) is 0 Å². The fourth-order valence-electron chi connectivity index (χ4n) is 3.85. The lowest BCUT2D eigenvalue weighted by atomic mass is 9.91. The van der Waals surface area contributed by atoms with Gasteiger partial charge in [-0.25, -0.2) is 17.9 Å². The number of benzene rings is 1. The number of hydrogen-bond acceptors (Lipinski definition) is 5. The number of pyridine rings is 1. The van der Waals surface area contributed by atoms with Crippen LogP contribution in [0, 0.1) is 0 Å². The number of nitrogens with one attached hydrogen (secondary N) is 1. The summed E-state index contributed by atoms with van der Waals surface area (Å²) >= 11 is 0. The summed E-state index contributed by atoms with van der Waals surface area (Å²) < 4.78 is 32.0. The van der Waals surface area contributed by atoms with Crippen molar-refractivity contribution in [3.8, 4) is 11.1 Å². The topological polar surface area (TPSA) is 88.6 Å². The number of rotatable bonds is 6. The number of carbonyl (C=O) groups is 1. The van der Waals surface area contributed by atoms with E-state index in [1.807, 2.05) is 36.4 Å². The van der Waals surface area contributed by atoms with E-state index < -0.39 is 16.1 Å². The summed E-state index contributed by atoms with van der Waals surface area (Å²) in [6.45, 7) is 4.14. The highest BCUT2D eigenvalue weighted by atomic mass is 32.2. The van der Waals surface area contributed by atoms with Crippen LogP contribution in [0.15, 0.2) is 48.8 Å². The Morgan fingerprint density at radius 1 is 1.23 bits per heavy atom. The molecular formula is C22H29N3O4S. The van der Waals surface area contributed by atoms with Crippen LogP contribution in [0.5, 0.6) is 0 Å². The number of amides is 1. The Kier molecular flexibility index (Phi) is 7.10. The lowest BCUT2D eigenvalue weighted by Crippen LogP contribution is -2.58. The maximum Gasteiger partial charge on any atom is 0.410 e. The second-order valence-corrected chi connectivity index (χ2v) is 9.76. The van der Waals surface area contributed by atoms with Crippen molar-refractivity contribution in [3.05, 3.63) is 54.4 Å². The molecule has 0 saturated carbocycles. The van der Waals surface area contributed by atoms with E-state index in [1.165, 1.54) is 0 Å². The van der Waals surface area contributed by atoms with E-state index in [0.29, 0.717) is 25.8 Å². The molecule has 2 aromatic rings. The first kappa shape index (κ1) is 22.2. The number of carbonyl (C=O) groups excluding carboxylic acids is 1. The minimum absolute atomic E-state index is 0.246. The standard InChI is InChI=1S/C22H29N3O4S/c1-16(2)29-22(26)25-11-7-10-20(24-30(3,27)28)21(25)13-17-12-19(15-23-14-17)18-8-5-4-6-9-18/h4-6,8-9,12,14-16,20-21,24H,7,10-11,13H2,1-3H3/t20-,21-/m1/s1. The number of aromatic nitrogens is 1. The van der Waals surface area contributed by atoms with E-state index in [4.69, 9.17) is 4.74 Å². The quantitative estimate of drug-likeness (QED) is 0.759. The van der Waals surface area contributed by atoms with Crippen molar-refractivity contribution in [2.75, 3.05) is 12.8 Å². The van der Waals surface area contributed by atoms with Crippen molar-refractivity contribution in [3.63, 3.8) is 0 Å². The summed E-state index contributed by atoms with van der Waals surface area (Å²) in [7, 11) is -3.42. The molecule has 8 heteroatoms. The van der Waals surface area contributed by atoms with Crippen molar-refractivity contribution in [2.45, 2.75) is 51.3 Å². The molecule has 30 heavy (non-hydrogen) atoms. The zero-order valence-corrected chi connectivity index (χ0v) is 18.4. The molecule has 1 N–H and O–H groups in total. The van der Waals surface area contributed by atoms with Gasteiger partial charge in [0.25, 0.3) is 0 Å². The number of ether oxygens (including phenoxy) is 1. The van der Waals surface area contributed by atoms with Crippen LogP contribution in [0.1, 0.15) is 32.3 Å². The largest absolute Gasteiger partial charge is 0.447 e. The van der Waals surface area contributed by atoms with Crippen LogP contribution < -0.4 is 4.72 Å². The summed E-state index contributed by atoms with van der Waals surface area (Å²) in [6.07, 6.45) is 5.91. The number of sulfonamides is 1. The van der Waals surface area contributed by atoms with Crippen LogP contribution in [0.4, 0.5) is 4.79 Å². The van der Waals surface area contributed by atoms with E-state index in [0.717, 1.165) is 22.9 Å².